The molecule has 1 atom stereocenters. The van der Waals surface area contributed by atoms with Crippen molar-refractivity contribution in [3.8, 4) is 0 Å². The van der Waals surface area contributed by atoms with Crippen LogP contribution in [0.3, 0.4) is 0 Å². The monoisotopic (exact) mass is 225 g/mol. The fourth-order valence-corrected chi connectivity index (χ4v) is 1.93. The summed E-state index contributed by atoms with van der Waals surface area (Å²) in [6.07, 6.45) is -0.277. The van der Waals surface area contributed by atoms with Crippen LogP contribution in [0.2, 0.25) is 5.02 Å². The average Bonchev–Trinajstić information content (AvgIpc) is 2.65. The molecule has 1 aliphatic rings. The van der Waals surface area contributed by atoms with Gasteiger partial charge in [-0.3, -0.25) is 4.79 Å². The summed E-state index contributed by atoms with van der Waals surface area (Å²) in [5.74, 6) is 0.0254. The summed E-state index contributed by atoms with van der Waals surface area (Å²) in [4.78, 5) is 13.0. The predicted octanol–water partition coefficient (Wildman–Crippen LogP) is 2.22. The third-order valence-corrected chi connectivity index (χ3v) is 2.66. The molecule has 3 nitrogen and oxygen atoms in total. The highest BCUT2D eigenvalue weighted by Crippen LogP contribution is 2.28. The van der Waals surface area contributed by atoms with Gasteiger partial charge in [0.2, 0.25) is 5.91 Å². The van der Waals surface area contributed by atoms with E-state index in [1.807, 2.05) is 18.2 Å². The third-order valence-electron chi connectivity index (χ3n) is 2.43. The molecule has 0 aliphatic carbocycles. The number of rotatable bonds is 1. The molecule has 0 aromatic heterocycles. The first kappa shape index (κ1) is 10.5. The number of benzene rings is 1. The lowest BCUT2D eigenvalue weighted by Gasteiger charge is -2.21. The topological polar surface area (TPSA) is 29.5 Å². The van der Waals surface area contributed by atoms with Crippen LogP contribution in [0.5, 0.6) is 0 Å². The molecule has 1 aliphatic heterocycles. The number of nitrogens with zero attached hydrogens (tertiary/aromatic N) is 1. The lowest BCUT2D eigenvalue weighted by Crippen LogP contribution is -2.28. The fraction of sp³-hybridized carbons (Fsp3) is 0.364. The minimum absolute atomic E-state index is 0.0254. The minimum Gasteiger partial charge on any atom is -0.352 e. The Morgan fingerprint density at radius 2 is 2.40 bits per heavy atom. The molecule has 80 valence electrons. The van der Waals surface area contributed by atoms with Gasteiger partial charge in [0.25, 0.3) is 0 Å². The second kappa shape index (κ2) is 4.21. The molecular weight excluding hydrogens is 214 g/mol. The average molecular weight is 226 g/mol. The molecule has 0 N–H and O–H groups in total. The first-order chi connectivity index (χ1) is 7.18. The van der Waals surface area contributed by atoms with Gasteiger partial charge in [-0.1, -0.05) is 23.7 Å². The largest absolute Gasteiger partial charge is 0.352 e. The van der Waals surface area contributed by atoms with E-state index >= 15 is 0 Å². The number of ether oxygens (including phenoxy) is 1. The summed E-state index contributed by atoms with van der Waals surface area (Å²) in [6.45, 7) is 2.77. The Hall–Kier alpha value is -1.06. The number of carbonyl (C=O) groups excluding carboxylic acids is 1. The molecule has 0 spiro atoms. The number of amides is 1. The maximum atomic E-state index is 11.3. The van der Waals surface area contributed by atoms with Crippen LogP contribution in [0, 0.1) is 0 Å². The Morgan fingerprint density at radius 3 is 3.07 bits per heavy atom. The van der Waals surface area contributed by atoms with E-state index < -0.39 is 0 Å². The van der Waals surface area contributed by atoms with Crippen molar-refractivity contribution >= 4 is 17.5 Å². The van der Waals surface area contributed by atoms with Crippen molar-refractivity contribution in [2.24, 2.45) is 0 Å². The molecule has 0 radical (unpaired) electrons. The van der Waals surface area contributed by atoms with Crippen LogP contribution in [0.15, 0.2) is 24.3 Å². The van der Waals surface area contributed by atoms with Gasteiger partial charge in [0.05, 0.1) is 6.61 Å². The van der Waals surface area contributed by atoms with Gasteiger partial charge in [-0.25, -0.2) is 0 Å². The van der Waals surface area contributed by atoms with E-state index in [4.69, 9.17) is 16.3 Å². The second-order valence-electron chi connectivity index (χ2n) is 3.49. The highest BCUT2D eigenvalue weighted by molar-refractivity contribution is 6.30. The first-order valence-corrected chi connectivity index (χ1v) is 5.20. The molecule has 1 heterocycles. The van der Waals surface area contributed by atoms with Gasteiger partial charge in [0.1, 0.15) is 0 Å². The van der Waals surface area contributed by atoms with Gasteiger partial charge in [0.15, 0.2) is 6.23 Å². The van der Waals surface area contributed by atoms with E-state index in [-0.39, 0.29) is 12.1 Å². The highest BCUT2D eigenvalue weighted by atomic mass is 35.5. The Balaban J connectivity index is 2.26. The Morgan fingerprint density at radius 1 is 1.60 bits per heavy atom. The van der Waals surface area contributed by atoms with Crippen molar-refractivity contribution in [2.75, 3.05) is 13.2 Å². The van der Waals surface area contributed by atoms with Crippen molar-refractivity contribution < 1.29 is 9.53 Å². The SMILES string of the molecule is CC(=O)N1CCOC1c1cccc(Cl)c1. The first-order valence-electron chi connectivity index (χ1n) is 4.83. The predicted molar refractivity (Wildman–Crippen MR) is 57.5 cm³/mol. The summed E-state index contributed by atoms with van der Waals surface area (Å²) in [5.41, 5.74) is 0.926. The summed E-state index contributed by atoms with van der Waals surface area (Å²) in [6, 6.07) is 7.40. The molecule has 1 saturated heterocycles. The van der Waals surface area contributed by atoms with E-state index in [1.54, 1.807) is 17.9 Å². The molecule has 15 heavy (non-hydrogen) atoms. The molecule has 1 unspecified atom stereocenters. The van der Waals surface area contributed by atoms with Crippen LogP contribution in [-0.4, -0.2) is 24.0 Å². The maximum Gasteiger partial charge on any atom is 0.221 e. The van der Waals surface area contributed by atoms with Gasteiger partial charge in [-0.2, -0.15) is 0 Å². The molecular formula is C11H12ClNO2. The Bertz CT molecular complexity index is 381. The maximum absolute atomic E-state index is 11.3. The molecule has 2 rings (SSSR count). The van der Waals surface area contributed by atoms with E-state index in [1.165, 1.54) is 0 Å². The van der Waals surface area contributed by atoms with Crippen molar-refractivity contribution in [1.29, 1.82) is 0 Å². The Kier molecular flexibility index (Phi) is 2.93. The molecule has 1 aromatic carbocycles. The van der Waals surface area contributed by atoms with Gasteiger partial charge in [-0.15, -0.1) is 0 Å². The number of hydrogen-bond donors (Lipinski definition) is 0. The van der Waals surface area contributed by atoms with Crippen molar-refractivity contribution in [3.05, 3.63) is 34.9 Å². The summed E-state index contributed by atoms with van der Waals surface area (Å²) in [7, 11) is 0. The molecule has 1 aromatic rings. The Labute approximate surface area is 93.6 Å². The normalized spacial score (nSPS) is 20.7. The van der Waals surface area contributed by atoms with Gasteiger partial charge in [-0.05, 0) is 12.1 Å². The van der Waals surface area contributed by atoms with E-state index in [0.29, 0.717) is 18.2 Å². The standard InChI is InChI=1S/C11H12ClNO2/c1-8(14)13-5-6-15-11(13)9-3-2-4-10(12)7-9/h2-4,7,11H,5-6H2,1H3. The quantitative estimate of drug-likeness (QED) is 0.734. The van der Waals surface area contributed by atoms with Crippen LogP contribution in [-0.2, 0) is 9.53 Å². The fourth-order valence-electron chi connectivity index (χ4n) is 1.73. The lowest BCUT2D eigenvalue weighted by atomic mass is 10.2. The van der Waals surface area contributed by atoms with Gasteiger partial charge in [0, 0.05) is 24.1 Å². The summed E-state index contributed by atoms with van der Waals surface area (Å²) < 4.78 is 5.51. The molecule has 4 heteroatoms. The zero-order valence-electron chi connectivity index (χ0n) is 8.44. The number of hydrogen-bond acceptors (Lipinski definition) is 2. The highest BCUT2D eigenvalue weighted by Gasteiger charge is 2.28. The molecule has 0 saturated carbocycles. The van der Waals surface area contributed by atoms with E-state index in [9.17, 15) is 4.79 Å². The van der Waals surface area contributed by atoms with Crippen LogP contribution in [0.4, 0.5) is 0 Å². The number of carbonyl (C=O) groups is 1. The van der Waals surface area contributed by atoms with Crippen molar-refractivity contribution in [3.63, 3.8) is 0 Å². The van der Waals surface area contributed by atoms with Crippen LogP contribution < -0.4 is 0 Å². The van der Waals surface area contributed by atoms with E-state index in [2.05, 4.69) is 0 Å². The van der Waals surface area contributed by atoms with Crippen LogP contribution in [0.25, 0.3) is 0 Å². The summed E-state index contributed by atoms with van der Waals surface area (Å²) >= 11 is 5.89. The van der Waals surface area contributed by atoms with Crippen LogP contribution >= 0.6 is 11.6 Å². The molecule has 1 fully saturated rings. The minimum atomic E-state index is -0.277. The molecule has 0 bridgehead atoms. The van der Waals surface area contributed by atoms with Crippen molar-refractivity contribution in [1.82, 2.24) is 4.90 Å². The molecule has 1 amide bonds. The second-order valence-corrected chi connectivity index (χ2v) is 3.93. The van der Waals surface area contributed by atoms with Crippen molar-refractivity contribution in [2.45, 2.75) is 13.2 Å². The summed E-state index contributed by atoms with van der Waals surface area (Å²) in [5, 5.41) is 0.659. The van der Waals surface area contributed by atoms with E-state index in [0.717, 1.165) is 5.56 Å². The van der Waals surface area contributed by atoms with Crippen LogP contribution in [0.1, 0.15) is 18.7 Å². The zero-order valence-corrected chi connectivity index (χ0v) is 9.20. The smallest absolute Gasteiger partial charge is 0.221 e. The zero-order chi connectivity index (χ0) is 10.8. The number of halogens is 1. The van der Waals surface area contributed by atoms with Gasteiger partial charge >= 0.3 is 0 Å². The van der Waals surface area contributed by atoms with Gasteiger partial charge < -0.3 is 9.64 Å². The third kappa shape index (κ3) is 2.13. The lowest BCUT2D eigenvalue weighted by molar-refractivity contribution is -0.133.